The van der Waals surface area contributed by atoms with E-state index in [1.807, 2.05) is 12.1 Å². The van der Waals surface area contributed by atoms with Crippen LogP contribution in [0.4, 0.5) is 5.69 Å². The van der Waals surface area contributed by atoms with E-state index in [0.29, 0.717) is 22.9 Å². The van der Waals surface area contributed by atoms with Crippen LogP contribution in [0.2, 0.25) is 0 Å². The molecule has 0 unspecified atom stereocenters. The molecule has 0 aliphatic heterocycles. The minimum absolute atomic E-state index is 0.0185. The number of benzene rings is 2. The van der Waals surface area contributed by atoms with Crippen molar-refractivity contribution in [3.63, 3.8) is 0 Å². The van der Waals surface area contributed by atoms with Gasteiger partial charge in [0.2, 0.25) is 0 Å². The van der Waals surface area contributed by atoms with Crippen molar-refractivity contribution in [1.29, 1.82) is 0 Å². The third-order valence-electron chi connectivity index (χ3n) is 4.00. The number of aromatic nitrogens is 1. The topological polar surface area (TPSA) is 86.8 Å². The zero-order valence-corrected chi connectivity index (χ0v) is 18.7. The molecule has 2 aromatic carbocycles. The summed E-state index contributed by atoms with van der Waals surface area (Å²) >= 11 is 4.73. The summed E-state index contributed by atoms with van der Waals surface area (Å²) < 4.78 is 16.5. The number of ether oxygens (including phenoxy) is 3. The molecule has 9 heteroatoms. The number of amides is 1. The number of hydrogen-bond acceptors (Lipinski definition) is 7. The number of esters is 1. The standard InChI is InChI=1S/C21H19BrN2O5S/c1-27-17-8-3-13(9-18(17)28-2)21-24-16(12-30-21)10-20(26)29-11-19(25)23-15-6-4-14(22)5-7-15/h3-9,12H,10-11H2,1-2H3,(H,23,25). The molecule has 1 aromatic heterocycles. The van der Waals surface area contributed by atoms with Gasteiger partial charge in [-0.05, 0) is 42.5 Å². The number of halogens is 1. The second-order valence-corrected chi connectivity index (χ2v) is 7.88. The molecule has 0 atom stereocenters. The Hall–Kier alpha value is -2.91. The van der Waals surface area contributed by atoms with E-state index in [2.05, 4.69) is 26.2 Å². The maximum atomic E-state index is 12.1. The fraction of sp³-hybridized carbons (Fsp3) is 0.190. The lowest BCUT2D eigenvalue weighted by Crippen LogP contribution is -2.21. The molecule has 1 heterocycles. The van der Waals surface area contributed by atoms with E-state index in [1.54, 1.807) is 49.9 Å². The van der Waals surface area contributed by atoms with E-state index in [-0.39, 0.29) is 13.0 Å². The van der Waals surface area contributed by atoms with Crippen LogP contribution < -0.4 is 14.8 Å². The van der Waals surface area contributed by atoms with Crippen LogP contribution in [-0.4, -0.2) is 37.7 Å². The van der Waals surface area contributed by atoms with E-state index in [9.17, 15) is 9.59 Å². The van der Waals surface area contributed by atoms with Crippen molar-refractivity contribution in [2.24, 2.45) is 0 Å². The van der Waals surface area contributed by atoms with Gasteiger partial charge in [-0.15, -0.1) is 11.3 Å². The third kappa shape index (κ3) is 5.80. The molecule has 0 bridgehead atoms. The zero-order valence-electron chi connectivity index (χ0n) is 16.3. The first-order chi connectivity index (χ1) is 14.5. The van der Waals surface area contributed by atoms with E-state index >= 15 is 0 Å². The monoisotopic (exact) mass is 490 g/mol. The number of carbonyl (C=O) groups is 2. The molecular weight excluding hydrogens is 472 g/mol. The number of nitrogens with zero attached hydrogens (tertiary/aromatic N) is 1. The number of rotatable bonds is 8. The Kier molecular flexibility index (Phi) is 7.42. The van der Waals surface area contributed by atoms with Gasteiger partial charge in [0.15, 0.2) is 18.1 Å². The minimum atomic E-state index is -0.523. The van der Waals surface area contributed by atoms with E-state index in [4.69, 9.17) is 14.2 Å². The highest BCUT2D eigenvalue weighted by Gasteiger charge is 2.13. The van der Waals surface area contributed by atoms with Gasteiger partial charge in [-0.1, -0.05) is 15.9 Å². The van der Waals surface area contributed by atoms with Gasteiger partial charge in [-0.2, -0.15) is 0 Å². The Balaban J connectivity index is 1.53. The summed E-state index contributed by atoms with van der Waals surface area (Å²) in [7, 11) is 3.14. The van der Waals surface area contributed by atoms with Crippen LogP contribution in [-0.2, 0) is 20.7 Å². The van der Waals surface area contributed by atoms with Gasteiger partial charge in [0, 0.05) is 21.1 Å². The Labute approximate surface area is 186 Å². The fourth-order valence-corrected chi connectivity index (χ4v) is 3.65. The van der Waals surface area contributed by atoms with Crippen LogP contribution in [0.3, 0.4) is 0 Å². The normalized spacial score (nSPS) is 10.4. The molecule has 1 amide bonds. The average Bonchev–Trinajstić information content (AvgIpc) is 3.21. The van der Waals surface area contributed by atoms with Crippen molar-refractivity contribution in [2.45, 2.75) is 6.42 Å². The second kappa shape index (κ2) is 10.2. The quantitative estimate of drug-likeness (QED) is 0.473. The van der Waals surface area contributed by atoms with Crippen LogP contribution in [0, 0.1) is 0 Å². The zero-order chi connectivity index (χ0) is 21.5. The van der Waals surface area contributed by atoms with Crippen molar-refractivity contribution in [3.05, 3.63) is 58.0 Å². The van der Waals surface area contributed by atoms with Gasteiger partial charge in [0.05, 0.1) is 26.3 Å². The molecule has 3 aromatic rings. The molecule has 0 saturated carbocycles. The minimum Gasteiger partial charge on any atom is -0.493 e. The van der Waals surface area contributed by atoms with Crippen molar-refractivity contribution < 1.29 is 23.8 Å². The summed E-state index contributed by atoms with van der Waals surface area (Å²) in [6, 6.07) is 12.6. The summed E-state index contributed by atoms with van der Waals surface area (Å²) in [5.74, 6) is 0.297. The first-order valence-corrected chi connectivity index (χ1v) is 10.5. The molecule has 0 fully saturated rings. The lowest BCUT2D eigenvalue weighted by Gasteiger charge is -2.08. The van der Waals surface area contributed by atoms with Gasteiger partial charge in [-0.25, -0.2) is 4.98 Å². The predicted molar refractivity (Wildman–Crippen MR) is 118 cm³/mol. The van der Waals surface area contributed by atoms with Crippen LogP contribution in [0.5, 0.6) is 11.5 Å². The average molecular weight is 491 g/mol. The Morgan fingerprint density at radius 1 is 1.07 bits per heavy atom. The van der Waals surface area contributed by atoms with Gasteiger partial charge in [0.25, 0.3) is 5.91 Å². The summed E-state index contributed by atoms with van der Waals surface area (Å²) in [5.41, 5.74) is 2.05. The second-order valence-electron chi connectivity index (χ2n) is 6.11. The van der Waals surface area contributed by atoms with E-state index in [1.165, 1.54) is 11.3 Å². The molecule has 1 N–H and O–H groups in total. The predicted octanol–water partition coefficient (Wildman–Crippen LogP) is 4.31. The molecule has 156 valence electrons. The number of anilines is 1. The summed E-state index contributed by atoms with van der Waals surface area (Å²) in [5, 5.41) is 5.19. The molecule has 0 saturated heterocycles. The largest absolute Gasteiger partial charge is 0.493 e. The smallest absolute Gasteiger partial charge is 0.312 e. The molecule has 0 aliphatic rings. The van der Waals surface area contributed by atoms with Gasteiger partial charge >= 0.3 is 5.97 Å². The van der Waals surface area contributed by atoms with E-state index in [0.717, 1.165) is 15.0 Å². The van der Waals surface area contributed by atoms with Gasteiger partial charge < -0.3 is 19.5 Å². The summed E-state index contributed by atoms with van der Waals surface area (Å²) in [6.07, 6.45) is -0.0185. The SMILES string of the molecule is COc1ccc(-c2nc(CC(=O)OCC(=O)Nc3ccc(Br)cc3)cs2)cc1OC. The molecular formula is C21H19BrN2O5S. The van der Waals surface area contributed by atoms with Crippen molar-refractivity contribution in [3.8, 4) is 22.1 Å². The number of nitrogens with one attached hydrogen (secondary N) is 1. The highest BCUT2D eigenvalue weighted by Crippen LogP contribution is 2.33. The van der Waals surface area contributed by atoms with Crippen LogP contribution in [0.15, 0.2) is 52.3 Å². The number of thiazole rings is 1. The first kappa shape index (κ1) is 21.8. The van der Waals surface area contributed by atoms with E-state index < -0.39 is 11.9 Å². The lowest BCUT2D eigenvalue weighted by atomic mass is 10.2. The van der Waals surface area contributed by atoms with Crippen molar-refractivity contribution in [2.75, 3.05) is 26.1 Å². The number of hydrogen-bond donors (Lipinski definition) is 1. The van der Waals surface area contributed by atoms with Gasteiger partial charge in [0.1, 0.15) is 5.01 Å². The maximum Gasteiger partial charge on any atom is 0.312 e. The molecule has 0 aliphatic carbocycles. The van der Waals surface area contributed by atoms with Gasteiger partial charge in [-0.3, -0.25) is 9.59 Å². The molecule has 0 spiro atoms. The number of carbonyl (C=O) groups excluding carboxylic acids is 2. The maximum absolute atomic E-state index is 12.1. The Morgan fingerprint density at radius 2 is 1.80 bits per heavy atom. The molecule has 3 rings (SSSR count). The molecule has 0 radical (unpaired) electrons. The van der Waals surface area contributed by atoms with Crippen molar-refractivity contribution >= 4 is 44.8 Å². The fourth-order valence-electron chi connectivity index (χ4n) is 2.57. The summed E-state index contributed by atoms with van der Waals surface area (Å²) in [4.78, 5) is 28.5. The first-order valence-electron chi connectivity index (χ1n) is 8.86. The van der Waals surface area contributed by atoms with Crippen LogP contribution in [0.1, 0.15) is 5.69 Å². The lowest BCUT2D eigenvalue weighted by molar-refractivity contribution is -0.146. The third-order valence-corrected chi connectivity index (χ3v) is 5.47. The Morgan fingerprint density at radius 3 is 2.50 bits per heavy atom. The molecule has 30 heavy (non-hydrogen) atoms. The Bertz CT molecular complexity index is 1040. The highest BCUT2D eigenvalue weighted by molar-refractivity contribution is 9.10. The highest BCUT2D eigenvalue weighted by atomic mass is 79.9. The molecule has 7 nitrogen and oxygen atoms in total. The van der Waals surface area contributed by atoms with Crippen LogP contribution >= 0.6 is 27.3 Å². The van der Waals surface area contributed by atoms with Crippen LogP contribution in [0.25, 0.3) is 10.6 Å². The van der Waals surface area contributed by atoms with Crippen molar-refractivity contribution in [1.82, 2.24) is 4.98 Å². The summed E-state index contributed by atoms with van der Waals surface area (Å²) in [6.45, 7) is -0.360. The number of methoxy groups -OCH3 is 2.